The lowest BCUT2D eigenvalue weighted by molar-refractivity contribution is -0.124. The van der Waals surface area contributed by atoms with E-state index in [4.69, 9.17) is 16.3 Å². The number of carbonyl (C=O) groups excluding carboxylic acids is 2. The minimum Gasteiger partial charge on any atom is -0.490 e. The Morgan fingerprint density at radius 1 is 1.04 bits per heavy atom. The van der Waals surface area contributed by atoms with Crippen LogP contribution in [0.4, 0.5) is 10.5 Å². The second-order valence-electron chi connectivity index (χ2n) is 7.21. The Labute approximate surface area is 158 Å². The van der Waals surface area contributed by atoms with Crippen LogP contribution in [-0.4, -0.2) is 61.1 Å². The van der Waals surface area contributed by atoms with E-state index >= 15 is 0 Å². The monoisotopic (exact) mass is 377 g/mol. The van der Waals surface area contributed by atoms with Crippen LogP contribution in [0.1, 0.15) is 25.7 Å². The number of piperidine rings is 1. The molecule has 0 aromatic heterocycles. The molecule has 3 amide bonds. The maximum Gasteiger partial charge on any atom is 0.320 e. The van der Waals surface area contributed by atoms with Gasteiger partial charge < -0.3 is 19.4 Å². The third-order valence-electron chi connectivity index (χ3n) is 5.47. The van der Waals surface area contributed by atoms with E-state index in [1.165, 1.54) is 0 Å². The summed E-state index contributed by atoms with van der Waals surface area (Å²) in [6.07, 6.45) is 3.83. The van der Waals surface area contributed by atoms with Crippen LogP contribution in [0.25, 0.3) is 0 Å². The highest BCUT2D eigenvalue weighted by Crippen LogP contribution is 2.35. The van der Waals surface area contributed by atoms with E-state index in [9.17, 15) is 9.59 Å². The molecule has 2 fully saturated rings. The highest BCUT2D eigenvalue weighted by molar-refractivity contribution is 6.31. The summed E-state index contributed by atoms with van der Waals surface area (Å²) in [7, 11) is 0. The minimum absolute atomic E-state index is 0.0655. The van der Waals surface area contributed by atoms with Gasteiger partial charge in [0, 0.05) is 31.2 Å². The molecule has 6 nitrogen and oxygen atoms in total. The number of fused-ring (bicyclic) bond motifs is 1. The zero-order chi connectivity index (χ0) is 18.1. The molecule has 0 spiro atoms. The molecular weight excluding hydrogens is 354 g/mol. The summed E-state index contributed by atoms with van der Waals surface area (Å²) in [5.74, 6) is 0.589. The lowest BCUT2D eigenvalue weighted by Gasteiger charge is -2.38. The van der Waals surface area contributed by atoms with E-state index < -0.39 is 0 Å². The first-order chi connectivity index (χ1) is 12.6. The Bertz CT molecular complexity index is 705. The van der Waals surface area contributed by atoms with Crippen molar-refractivity contribution in [3.63, 3.8) is 0 Å². The van der Waals surface area contributed by atoms with Crippen molar-refractivity contribution < 1.29 is 14.3 Å². The third-order valence-corrected chi connectivity index (χ3v) is 5.70. The number of rotatable bonds is 1. The number of urea groups is 1. The van der Waals surface area contributed by atoms with Gasteiger partial charge in [-0.15, -0.1) is 0 Å². The number of halogens is 1. The number of anilines is 1. The van der Waals surface area contributed by atoms with Crippen molar-refractivity contribution in [2.75, 3.05) is 44.2 Å². The van der Waals surface area contributed by atoms with Gasteiger partial charge in [-0.2, -0.15) is 0 Å². The molecule has 1 aromatic rings. The summed E-state index contributed by atoms with van der Waals surface area (Å²) in [5.41, 5.74) is 0.733. The van der Waals surface area contributed by atoms with Crippen LogP contribution in [0.3, 0.4) is 0 Å². The predicted octanol–water partition coefficient (Wildman–Crippen LogP) is 2.99. The Hall–Kier alpha value is -1.95. The molecule has 4 rings (SSSR count). The van der Waals surface area contributed by atoms with Gasteiger partial charge in [0.2, 0.25) is 5.91 Å². The molecule has 140 valence electrons. The molecule has 26 heavy (non-hydrogen) atoms. The highest BCUT2D eigenvalue weighted by Gasteiger charge is 2.35. The van der Waals surface area contributed by atoms with Crippen molar-refractivity contribution in [1.29, 1.82) is 0 Å². The zero-order valence-electron chi connectivity index (χ0n) is 14.8. The van der Waals surface area contributed by atoms with E-state index in [1.54, 1.807) is 23.1 Å². The van der Waals surface area contributed by atoms with Gasteiger partial charge >= 0.3 is 6.03 Å². The Balaban J connectivity index is 1.48. The summed E-state index contributed by atoms with van der Waals surface area (Å²) in [4.78, 5) is 31.4. The van der Waals surface area contributed by atoms with Gasteiger partial charge in [-0.1, -0.05) is 11.6 Å². The molecule has 0 bridgehead atoms. The van der Waals surface area contributed by atoms with Crippen LogP contribution in [-0.2, 0) is 4.79 Å². The number of nitrogens with zero attached hydrogens (tertiary/aromatic N) is 3. The van der Waals surface area contributed by atoms with Crippen molar-refractivity contribution in [2.24, 2.45) is 5.92 Å². The molecule has 3 aliphatic heterocycles. The SMILES string of the molecule is O=C(N1CCCC1)N1CCCC(C(=O)N2CCOc3ccc(Cl)cc32)C1. The fraction of sp³-hybridized carbons (Fsp3) is 0.579. The molecule has 7 heteroatoms. The van der Waals surface area contributed by atoms with E-state index in [1.807, 2.05) is 9.80 Å². The van der Waals surface area contributed by atoms with Gasteiger partial charge in [0.25, 0.3) is 0 Å². The lowest BCUT2D eigenvalue weighted by atomic mass is 9.96. The first-order valence-corrected chi connectivity index (χ1v) is 9.79. The van der Waals surface area contributed by atoms with Crippen molar-refractivity contribution >= 4 is 29.2 Å². The molecule has 1 atom stereocenters. The molecule has 1 aromatic carbocycles. The summed E-state index contributed by atoms with van der Waals surface area (Å²) < 4.78 is 5.65. The van der Waals surface area contributed by atoms with Gasteiger partial charge in [0.05, 0.1) is 18.2 Å². The quantitative estimate of drug-likeness (QED) is 0.756. The normalized spacial score (nSPS) is 22.8. The van der Waals surface area contributed by atoms with E-state index in [2.05, 4.69) is 0 Å². The van der Waals surface area contributed by atoms with Crippen molar-refractivity contribution in [3.8, 4) is 5.75 Å². The average Bonchev–Trinajstić information content (AvgIpc) is 3.21. The predicted molar refractivity (Wildman–Crippen MR) is 99.8 cm³/mol. The number of carbonyl (C=O) groups is 2. The van der Waals surface area contributed by atoms with Crippen LogP contribution in [0, 0.1) is 5.92 Å². The smallest absolute Gasteiger partial charge is 0.320 e. The second-order valence-corrected chi connectivity index (χ2v) is 7.65. The second kappa shape index (κ2) is 7.35. The fourth-order valence-electron chi connectivity index (χ4n) is 4.10. The van der Waals surface area contributed by atoms with E-state index in [0.29, 0.717) is 30.5 Å². The van der Waals surface area contributed by atoms with Crippen LogP contribution in [0.15, 0.2) is 18.2 Å². The molecule has 0 N–H and O–H groups in total. The number of likely N-dealkylation sites (tertiary alicyclic amines) is 2. The molecule has 0 aliphatic carbocycles. The molecule has 2 saturated heterocycles. The van der Waals surface area contributed by atoms with Crippen molar-refractivity contribution in [2.45, 2.75) is 25.7 Å². The maximum atomic E-state index is 13.2. The van der Waals surface area contributed by atoms with Gasteiger partial charge in [0.1, 0.15) is 12.4 Å². The first-order valence-electron chi connectivity index (χ1n) is 9.41. The number of hydrogen-bond acceptors (Lipinski definition) is 3. The third kappa shape index (κ3) is 3.34. The molecule has 3 heterocycles. The molecule has 0 saturated carbocycles. The Morgan fingerprint density at radius 3 is 2.62 bits per heavy atom. The fourth-order valence-corrected chi connectivity index (χ4v) is 4.27. The van der Waals surface area contributed by atoms with Gasteiger partial charge in [-0.3, -0.25) is 4.79 Å². The molecule has 0 radical (unpaired) electrons. The number of amides is 3. The summed E-state index contributed by atoms with van der Waals surface area (Å²) in [6, 6.07) is 5.45. The highest BCUT2D eigenvalue weighted by atomic mass is 35.5. The lowest BCUT2D eigenvalue weighted by Crippen LogP contribution is -2.51. The van der Waals surface area contributed by atoms with E-state index in [0.717, 1.165) is 51.0 Å². The van der Waals surface area contributed by atoms with Gasteiger partial charge in [-0.25, -0.2) is 4.79 Å². The summed E-state index contributed by atoms with van der Waals surface area (Å²) >= 11 is 6.12. The molecular formula is C19H24ClN3O3. The van der Waals surface area contributed by atoms with Crippen molar-refractivity contribution in [3.05, 3.63) is 23.2 Å². The van der Waals surface area contributed by atoms with Gasteiger partial charge in [0.15, 0.2) is 0 Å². The van der Waals surface area contributed by atoms with Crippen LogP contribution in [0.5, 0.6) is 5.75 Å². The minimum atomic E-state index is -0.166. The van der Waals surface area contributed by atoms with Crippen LogP contribution >= 0.6 is 11.6 Å². The Kier molecular flexibility index (Phi) is 4.94. The van der Waals surface area contributed by atoms with E-state index in [-0.39, 0.29) is 17.9 Å². The van der Waals surface area contributed by atoms with Crippen LogP contribution in [0.2, 0.25) is 5.02 Å². The topological polar surface area (TPSA) is 53.1 Å². The largest absolute Gasteiger partial charge is 0.490 e. The van der Waals surface area contributed by atoms with Gasteiger partial charge in [-0.05, 0) is 43.9 Å². The van der Waals surface area contributed by atoms with Crippen molar-refractivity contribution in [1.82, 2.24) is 9.80 Å². The standard InChI is InChI=1S/C19H24ClN3O3/c20-15-5-6-17-16(12-15)23(10-11-26-17)18(24)14-4-3-9-22(13-14)19(25)21-7-1-2-8-21/h5-6,12,14H,1-4,7-11,13H2. The number of benzene rings is 1. The maximum absolute atomic E-state index is 13.2. The first kappa shape index (κ1) is 17.5. The number of ether oxygens (including phenoxy) is 1. The summed E-state index contributed by atoms with van der Waals surface area (Å²) in [5, 5.41) is 0.585. The Morgan fingerprint density at radius 2 is 1.81 bits per heavy atom. The summed E-state index contributed by atoms with van der Waals surface area (Å²) in [6.45, 7) is 3.91. The molecule has 3 aliphatic rings. The average molecular weight is 378 g/mol. The number of hydrogen-bond donors (Lipinski definition) is 0. The zero-order valence-corrected chi connectivity index (χ0v) is 15.6. The molecule has 1 unspecified atom stereocenters. The van der Waals surface area contributed by atoms with Crippen LogP contribution < -0.4 is 9.64 Å².